The maximum Gasteiger partial charge on any atom is 0.139 e. The van der Waals surface area contributed by atoms with Gasteiger partial charge in [-0.1, -0.05) is 48.5 Å². The maximum atomic E-state index is 14.5. The largest absolute Gasteiger partial charge is 0.491 e. The van der Waals surface area contributed by atoms with Crippen molar-refractivity contribution >= 4 is 0 Å². The van der Waals surface area contributed by atoms with Crippen LogP contribution in [0.3, 0.4) is 0 Å². The maximum absolute atomic E-state index is 14.5. The van der Waals surface area contributed by atoms with Crippen LogP contribution in [0.1, 0.15) is 22.8 Å². The number of ether oxygens (including phenoxy) is 2. The summed E-state index contributed by atoms with van der Waals surface area (Å²) in [6, 6.07) is 22.6. The molecule has 5 heteroatoms. The third-order valence-corrected chi connectivity index (χ3v) is 4.98. The van der Waals surface area contributed by atoms with E-state index in [1.165, 1.54) is 6.07 Å². The van der Waals surface area contributed by atoms with Crippen molar-refractivity contribution in [3.05, 3.63) is 95.3 Å². The van der Waals surface area contributed by atoms with E-state index in [9.17, 15) is 4.39 Å². The Hall–Kier alpha value is -2.89. The summed E-state index contributed by atoms with van der Waals surface area (Å²) in [6.45, 7) is 2.21. The van der Waals surface area contributed by atoms with Gasteiger partial charge in [0.15, 0.2) is 0 Å². The number of aliphatic hydroxyl groups excluding tert-OH is 1. The smallest absolute Gasteiger partial charge is 0.139 e. The summed E-state index contributed by atoms with van der Waals surface area (Å²) in [7, 11) is 0. The minimum atomic E-state index is -0.395. The average molecular weight is 393 g/mol. The first-order chi connectivity index (χ1) is 14.2. The SMILES string of the molecule is OCCOc1cccc(CN2Cc3ccccc3O[C@H](c3ccccc3F)C2)c1. The second-order valence-corrected chi connectivity index (χ2v) is 7.12. The summed E-state index contributed by atoms with van der Waals surface area (Å²) in [6.07, 6.45) is -0.395. The van der Waals surface area contributed by atoms with Crippen molar-refractivity contribution in [2.24, 2.45) is 0 Å². The van der Waals surface area contributed by atoms with Crippen LogP contribution in [0.2, 0.25) is 0 Å². The molecule has 0 spiro atoms. The molecular formula is C24H24FNO3. The minimum Gasteiger partial charge on any atom is -0.491 e. The van der Waals surface area contributed by atoms with Gasteiger partial charge in [0, 0.05) is 30.8 Å². The average Bonchev–Trinajstić information content (AvgIpc) is 2.91. The molecule has 0 fully saturated rings. The number of fused-ring (bicyclic) bond motifs is 1. The van der Waals surface area contributed by atoms with Crippen LogP contribution in [-0.2, 0) is 13.1 Å². The Labute approximate surface area is 170 Å². The molecule has 150 valence electrons. The van der Waals surface area contributed by atoms with E-state index < -0.39 is 6.10 Å². The minimum absolute atomic E-state index is 0.0191. The van der Waals surface area contributed by atoms with Gasteiger partial charge in [-0.3, -0.25) is 4.90 Å². The molecule has 3 aromatic carbocycles. The Bertz CT molecular complexity index is 962. The van der Waals surface area contributed by atoms with E-state index in [1.54, 1.807) is 12.1 Å². The van der Waals surface area contributed by atoms with Crippen LogP contribution in [0.25, 0.3) is 0 Å². The van der Waals surface area contributed by atoms with E-state index in [1.807, 2.05) is 54.6 Å². The van der Waals surface area contributed by atoms with Gasteiger partial charge in [-0.05, 0) is 29.8 Å². The van der Waals surface area contributed by atoms with E-state index in [0.717, 1.165) is 22.6 Å². The van der Waals surface area contributed by atoms with Crippen molar-refractivity contribution in [2.45, 2.75) is 19.2 Å². The third-order valence-electron chi connectivity index (χ3n) is 4.98. The van der Waals surface area contributed by atoms with Crippen LogP contribution < -0.4 is 9.47 Å². The molecule has 4 rings (SSSR count). The van der Waals surface area contributed by atoms with Crippen molar-refractivity contribution in [1.29, 1.82) is 0 Å². The van der Waals surface area contributed by atoms with Crippen LogP contribution in [0.4, 0.5) is 4.39 Å². The Morgan fingerprint density at radius 1 is 1.03 bits per heavy atom. The van der Waals surface area contributed by atoms with E-state index in [-0.39, 0.29) is 19.0 Å². The molecule has 0 bridgehead atoms. The van der Waals surface area contributed by atoms with Gasteiger partial charge in [0.1, 0.15) is 30.0 Å². The highest BCUT2D eigenvalue weighted by atomic mass is 19.1. The van der Waals surface area contributed by atoms with Crippen molar-refractivity contribution < 1.29 is 19.0 Å². The first-order valence-electron chi connectivity index (χ1n) is 9.77. The molecule has 0 saturated heterocycles. The van der Waals surface area contributed by atoms with Gasteiger partial charge in [0.2, 0.25) is 0 Å². The highest BCUT2D eigenvalue weighted by Crippen LogP contribution is 2.32. The molecule has 1 aliphatic heterocycles. The lowest BCUT2D eigenvalue weighted by molar-refractivity contribution is 0.140. The molecular weight excluding hydrogens is 369 g/mol. The first kappa shape index (κ1) is 19.4. The van der Waals surface area contributed by atoms with E-state index in [4.69, 9.17) is 14.6 Å². The summed E-state index contributed by atoms with van der Waals surface area (Å²) < 4.78 is 26.2. The zero-order chi connectivity index (χ0) is 20.1. The highest BCUT2D eigenvalue weighted by molar-refractivity contribution is 5.36. The molecule has 0 aliphatic carbocycles. The number of nitrogens with zero attached hydrogens (tertiary/aromatic N) is 1. The zero-order valence-electron chi connectivity index (χ0n) is 16.1. The van der Waals surface area contributed by atoms with Crippen molar-refractivity contribution in [1.82, 2.24) is 4.90 Å². The second-order valence-electron chi connectivity index (χ2n) is 7.12. The van der Waals surface area contributed by atoms with Gasteiger partial charge >= 0.3 is 0 Å². The fourth-order valence-corrected chi connectivity index (χ4v) is 3.65. The molecule has 1 heterocycles. The number of aliphatic hydroxyl groups is 1. The summed E-state index contributed by atoms with van der Waals surface area (Å²) in [4.78, 5) is 2.26. The van der Waals surface area contributed by atoms with Crippen LogP contribution in [0.5, 0.6) is 11.5 Å². The lowest BCUT2D eigenvalue weighted by Gasteiger charge is -2.24. The predicted octanol–water partition coefficient (Wildman–Crippen LogP) is 4.33. The van der Waals surface area contributed by atoms with Crippen LogP contribution >= 0.6 is 0 Å². The fourth-order valence-electron chi connectivity index (χ4n) is 3.65. The number of para-hydroxylation sites is 1. The highest BCUT2D eigenvalue weighted by Gasteiger charge is 2.26. The van der Waals surface area contributed by atoms with Gasteiger partial charge in [-0.2, -0.15) is 0 Å². The predicted molar refractivity (Wildman–Crippen MR) is 109 cm³/mol. The number of halogens is 1. The second kappa shape index (κ2) is 9.07. The van der Waals surface area contributed by atoms with Crippen LogP contribution in [0, 0.1) is 5.82 Å². The van der Waals surface area contributed by atoms with Crippen molar-refractivity contribution in [3.63, 3.8) is 0 Å². The number of hydrogen-bond donors (Lipinski definition) is 1. The first-order valence-corrected chi connectivity index (χ1v) is 9.77. The zero-order valence-corrected chi connectivity index (χ0v) is 16.1. The normalized spacial score (nSPS) is 16.6. The summed E-state index contributed by atoms with van der Waals surface area (Å²) in [5, 5.41) is 8.96. The molecule has 1 atom stereocenters. The third kappa shape index (κ3) is 4.75. The van der Waals surface area contributed by atoms with E-state index >= 15 is 0 Å². The molecule has 4 nitrogen and oxygen atoms in total. The summed E-state index contributed by atoms with van der Waals surface area (Å²) in [5.41, 5.74) is 2.74. The van der Waals surface area contributed by atoms with Crippen molar-refractivity contribution in [3.8, 4) is 11.5 Å². The Morgan fingerprint density at radius 2 is 1.86 bits per heavy atom. The summed E-state index contributed by atoms with van der Waals surface area (Å²) in [5.74, 6) is 1.27. The standard InChI is InChI=1S/C24H24FNO3/c25-22-10-3-2-9-21(22)24-17-26(16-19-7-1-4-11-23(19)29-24)15-18-6-5-8-20(14-18)28-13-12-27/h1-11,14,24,27H,12-13,15-17H2/t24-/m0/s1. The summed E-state index contributed by atoms with van der Waals surface area (Å²) >= 11 is 0. The molecule has 1 N–H and O–H groups in total. The fraction of sp³-hybridized carbons (Fsp3) is 0.250. The molecule has 0 radical (unpaired) electrons. The topological polar surface area (TPSA) is 41.9 Å². The van der Waals surface area contributed by atoms with Gasteiger partial charge in [0.05, 0.1) is 6.61 Å². The molecule has 0 aromatic heterocycles. The Balaban J connectivity index is 1.60. The number of rotatable bonds is 6. The lowest BCUT2D eigenvalue weighted by Crippen LogP contribution is -2.28. The van der Waals surface area contributed by atoms with E-state index in [0.29, 0.717) is 25.2 Å². The molecule has 0 amide bonds. The molecule has 1 aliphatic rings. The van der Waals surface area contributed by atoms with Gasteiger partial charge in [0.25, 0.3) is 0 Å². The Kier molecular flexibility index (Phi) is 6.08. The van der Waals surface area contributed by atoms with Gasteiger partial charge in [-0.15, -0.1) is 0 Å². The monoisotopic (exact) mass is 393 g/mol. The Morgan fingerprint density at radius 3 is 2.72 bits per heavy atom. The van der Waals surface area contributed by atoms with Crippen LogP contribution in [0.15, 0.2) is 72.8 Å². The molecule has 3 aromatic rings. The van der Waals surface area contributed by atoms with Crippen molar-refractivity contribution in [2.75, 3.05) is 19.8 Å². The molecule has 29 heavy (non-hydrogen) atoms. The molecule has 0 saturated carbocycles. The van der Waals surface area contributed by atoms with Crippen LogP contribution in [-0.4, -0.2) is 29.8 Å². The number of benzene rings is 3. The van der Waals surface area contributed by atoms with Gasteiger partial charge in [-0.25, -0.2) is 4.39 Å². The van der Waals surface area contributed by atoms with Gasteiger partial charge < -0.3 is 14.6 Å². The quantitative estimate of drug-likeness (QED) is 0.677. The molecule has 0 unspecified atom stereocenters. The number of hydrogen-bond acceptors (Lipinski definition) is 4. The lowest BCUT2D eigenvalue weighted by atomic mass is 10.1. The van der Waals surface area contributed by atoms with E-state index in [2.05, 4.69) is 4.90 Å².